The lowest BCUT2D eigenvalue weighted by Gasteiger charge is -2.28. The molecular formula is C51H32N2O2. The molecule has 4 heteroatoms. The van der Waals surface area contributed by atoms with Crippen molar-refractivity contribution in [2.45, 2.75) is 0 Å². The number of anilines is 3. The molecule has 4 nitrogen and oxygen atoms in total. The Morgan fingerprint density at radius 2 is 1.04 bits per heavy atom. The molecule has 2 aromatic heterocycles. The van der Waals surface area contributed by atoms with Crippen molar-refractivity contribution in [2.24, 2.45) is 0 Å². The first kappa shape index (κ1) is 31.1. The summed E-state index contributed by atoms with van der Waals surface area (Å²) >= 11 is 0. The van der Waals surface area contributed by atoms with Crippen molar-refractivity contribution in [1.29, 1.82) is 0 Å². The van der Waals surface area contributed by atoms with Crippen molar-refractivity contribution < 1.29 is 8.83 Å². The maximum Gasteiger partial charge on any atom is 0.227 e. The van der Waals surface area contributed by atoms with Crippen LogP contribution in [0.4, 0.5) is 17.1 Å². The van der Waals surface area contributed by atoms with E-state index in [1.807, 2.05) is 42.5 Å². The van der Waals surface area contributed by atoms with E-state index in [1.54, 1.807) is 0 Å². The molecule has 0 unspecified atom stereocenters. The highest BCUT2D eigenvalue weighted by Crippen LogP contribution is 2.44. The molecule has 0 atom stereocenters. The zero-order chi connectivity index (χ0) is 36.3. The van der Waals surface area contributed by atoms with Gasteiger partial charge in [0.1, 0.15) is 16.7 Å². The number of hydrogen-bond acceptors (Lipinski definition) is 4. The fraction of sp³-hybridized carbons (Fsp3) is 0. The number of rotatable bonds is 6. The van der Waals surface area contributed by atoms with Crippen LogP contribution in [-0.4, -0.2) is 4.98 Å². The Kier molecular flexibility index (Phi) is 7.14. The SMILES string of the molecule is c1ccc(-c2nc3c(ccc4oc5c(-c6ccc(N(c7ccc8c(ccc9ccccc98)c7)c7ccccc7-c7ccccc7)cc6)cccc5c43)o2)cc1. The Labute approximate surface area is 317 Å². The molecule has 55 heavy (non-hydrogen) atoms. The fourth-order valence-corrected chi connectivity index (χ4v) is 8.09. The predicted molar refractivity (Wildman–Crippen MR) is 227 cm³/mol. The van der Waals surface area contributed by atoms with E-state index >= 15 is 0 Å². The molecule has 0 radical (unpaired) electrons. The second kappa shape index (κ2) is 12.6. The first-order valence-electron chi connectivity index (χ1n) is 18.5. The van der Waals surface area contributed by atoms with E-state index in [1.165, 1.54) is 27.1 Å². The van der Waals surface area contributed by atoms with Crippen LogP contribution in [0.2, 0.25) is 0 Å². The second-order valence-electron chi connectivity index (χ2n) is 13.9. The van der Waals surface area contributed by atoms with Crippen LogP contribution in [-0.2, 0) is 0 Å². The van der Waals surface area contributed by atoms with E-state index in [0.29, 0.717) is 5.89 Å². The number of fused-ring (bicyclic) bond motifs is 8. The minimum atomic E-state index is 0.599. The summed E-state index contributed by atoms with van der Waals surface area (Å²) in [4.78, 5) is 7.32. The largest absolute Gasteiger partial charge is 0.455 e. The Morgan fingerprint density at radius 1 is 0.400 bits per heavy atom. The molecule has 9 aromatic carbocycles. The standard InChI is InChI=1S/C51H32N2O2/c1-3-12-33(13-4-1)42-18-9-10-21-45(42)53(39-28-29-41-37(32-39)23-22-34-14-7-8-17-40(34)41)38-26-24-35(25-27-38)43-19-11-20-44-48-46(54-50(43)44)30-31-47-49(48)52-51(55-47)36-15-5-2-6-16-36/h1-32H. The lowest BCUT2D eigenvalue weighted by atomic mass is 9.99. The predicted octanol–water partition coefficient (Wildman–Crippen LogP) is 14.5. The van der Waals surface area contributed by atoms with Crippen LogP contribution in [0.5, 0.6) is 0 Å². The number of para-hydroxylation sites is 2. The minimum Gasteiger partial charge on any atom is -0.455 e. The molecule has 11 rings (SSSR count). The number of furan rings is 1. The van der Waals surface area contributed by atoms with Crippen LogP contribution in [0.1, 0.15) is 0 Å². The molecule has 2 heterocycles. The summed E-state index contributed by atoms with van der Waals surface area (Å²) in [6.45, 7) is 0. The normalized spacial score (nSPS) is 11.6. The number of oxazole rings is 1. The van der Waals surface area contributed by atoms with Gasteiger partial charge in [0.15, 0.2) is 5.58 Å². The van der Waals surface area contributed by atoms with E-state index in [-0.39, 0.29) is 0 Å². The zero-order valence-electron chi connectivity index (χ0n) is 29.7. The molecule has 0 aliphatic heterocycles. The van der Waals surface area contributed by atoms with Crippen LogP contribution in [0.15, 0.2) is 203 Å². The average molecular weight is 705 g/mol. The minimum absolute atomic E-state index is 0.599. The van der Waals surface area contributed by atoms with Gasteiger partial charge in [-0.15, -0.1) is 0 Å². The first-order chi connectivity index (χ1) is 27.3. The van der Waals surface area contributed by atoms with Crippen LogP contribution in [0, 0.1) is 0 Å². The van der Waals surface area contributed by atoms with Gasteiger partial charge in [-0.05, 0) is 87.3 Å². The van der Waals surface area contributed by atoms with Crippen LogP contribution in [0.25, 0.3) is 88.3 Å². The van der Waals surface area contributed by atoms with Crippen molar-refractivity contribution in [3.8, 4) is 33.7 Å². The van der Waals surface area contributed by atoms with Gasteiger partial charge in [0.25, 0.3) is 0 Å². The summed E-state index contributed by atoms with van der Waals surface area (Å²) in [5.41, 5.74) is 11.8. The van der Waals surface area contributed by atoms with E-state index in [9.17, 15) is 0 Å². The average Bonchev–Trinajstić information content (AvgIpc) is 3.87. The van der Waals surface area contributed by atoms with E-state index in [2.05, 4.69) is 157 Å². The van der Waals surface area contributed by atoms with Gasteiger partial charge in [0.05, 0.1) is 11.1 Å². The first-order valence-corrected chi connectivity index (χ1v) is 18.5. The van der Waals surface area contributed by atoms with Gasteiger partial charge in [-0.3, -0.25) is 0 Å². The molecule has 0 saturated heterocycles. The highest BCUT2D eigenvalue weighted by Gasteiger charge is 2.21. The number of aromatic nitrogens is 1. The van der Waals surface area contributed by atoms with E-state index in [4.69, 9.17) is 13.8 Å². The zero-order valence-corrected chi connectivity index (χ0v) is 29.7. The second-order valence-corrected chi connectivity index (χ2v) is 13.9. The smallest absolute Gasteiger partial charge is 0.227 e. The molecule has 0 amide bonds. The van der Waals surface area contributed by atoms with Gasteiger partial charge in [0.2, 0.25) is 5.89 Å². The summed E-state index contributed by atoms with van der Waals surface area (Å²) in [5.74, 6) is 0.599. The van der Waals surface area contributed by atoms with Crippen LogP contribution in [0.3, 0.4) is 0 Å². The third-order valence-electron chi connectivity index (χ3n) is 10.7. The summed E-state index contributed by atoms with van der Waals surface area (Å²) in [7, 11) is 0. The highest BCUT2D eigenvalue weighted by atomic mass is 16.4. The van der Waals surface area contributed by atoms with Gasteiger partial charge in [0, 0.05) is 33.5 Å². The monoisotopic (exact) mass is 704 g/mol. The summed E-state index contributed by atoms with van der Waals surface area (Å²) in [6, 6.07) is 68.2. The third kappa shape index (κ3) is 5.19. The topological polar surface area (TPSA) is 42.4 Å². The molecular weight excluding hydrogens is 673 g/mol. The van der Waals surface area contributed by atoms with Crippen molar-refractivity contribution in [2.75, 3.05) is 4.90 Å². The van der Waals surface area contributed by atoms with Crippen molar-refractivity contribution in [3.63, 3.8) is 0 Å². The summed E-state index contributed by atoms with van der Waals surface area (Å²) in [5, 5.41) is 6.91. The highest BCUT2D eigenvalue weighted by molar-refractivity contribution is 6.19. The third-order valence-corrected chi connectivity index (χ3v) is 10.7. The number of benzene rings is 9. The quantitative estimate of drug-likeness (QED) is 0.162. The maximum absolute atomic E-state index is 6.62. The Hall–Kier alpha value is -7.43. The van der Waals surface area contributed by atoms with Gasteiger partial charge in [-0.1, -0.05) is 140 Å². The Balaban J connectivity index is 1.05. The summed E-state index contributed by atoms with van der Waals surface area (Å²) in [6.07, 6.45) is 0. The van der Waals surface area contributed by atoms with E-state index in [0.717, 1.165) is 72.4 Å². The number of nitrogens with zero attached hydrogens (tertiary/aromatic N) is 2. The van der Waals surface area contributed by atoms with Gasteiger partial charge >= 0.3 is 0 Å². The van der Waals surface area contributed by atoms with Gasteiger partial charge in [-0.2, -0.15) is 0 Å². The molecule has 11 aromatic rings. The molecule has 0 aliphatic carbocycles. The molecule has 258 valence electrons. The van der Waals surface area contributed by atoms with Crippen molar-refractivity contribution >= 4 is 71.6 Å². The van der Waals surface area contributed by atoms with Gasteiger partial charge in [-0.25, -0.2) is 4.98 Å². The van der Waals surface area contributed by atoms with Crippen LogP contribution >= 0.6 is 0 Å². The lowest BCUT2D eigenvalue weighted by Crippen LogP contribution is -2.11. The van der Waals surface area contributed by atoms with Crippen molar-refractivity contribution in [1.82, 2.24) is 4.98 Å². The molecule has 0 bridgehead atoms. The Morgan fingerprint density at radius 3 is 1.89 bits per heavy atom. The van der Waals surface area contributed by atoms with E-state index < -0.39 is 0 Å². The number of hydrogen-bond donors (Lipinski definition) is 0. The van der Waals surface area contributed by atoms with Crippen molar-refractivity contribution in [3.05, 3.63) is 194 Å². The molecule has 0 N–H and O–H groups in total. The molecule has 0 saturated carbocycles. The molecule has 0 fully saturated rings. The summed E-state index contributed by atoms with van der Waals surface area (Å²) < 4.78 is 12.8. The molecule has 0 aliphatic rings. The molecule has 0 spiro atoms. The fourth-order valence-electron chi connectivity index (χ4n) is 8.09. The maximum atomic E-state index is 6.62. The van der Waals surface area contributed by atoms with Crippen LogP contribution < -0.4 is 4.90 Å². The lowest BCUT2D eigenvalue weighted by molar-refractivity contribution is 0.619. The van der Waals surface area contributed by atoms with Gasteiger partial charge < -0.3 is 13.7 Å². The Bertz CT molecular complexity index is 3200.